The Bertz CT molecular complexity index is 381. The minimum Gasteiger partial charge on any atom is -0.460 e. The molecule has 1 aromatic carbocycles. The molecule has 0 spiro atoms. The topological polar surface area (TPSA) is 52.3 Å². The number of rotatable bonds is 3. The lowest BCUT2D eigenvalue weighted by Gasteiger charge is -2.21. The van der Waals surface area contributed by atoms with E-state index in [-0.39, 0.29) is 18.2 Å². The number of carbonyl (C=O) groups excluding carboxylic acids is 1. The second-order valence-corrected chi connectivity index (χ2v) is 4.95. The molecular weight excluding hydrogens is 221 g/mol. The van der Waals surface area contributed by atoms with Crippen LogP contribution in [0.1, 0.15) is 38.8 Å². The van der Waals surface area contributed by atoms with Gasteiger partial charge < -0.3 is 10.5 Å². The van der Waals surface area contributed by atoms with Gasteiger partial charge in [0, 0.05) is 6.04 Å². The van der Waals surface area contributed by atoms with E-state index in [0.717, 1.165) is 5.56 Å². The van der Waals surface area contributed by atoms with Gasteiger partial charge in [-0.1, -0.05) is 12.1 Å². The molecule has 0 fully saturated rings. The molecule has 0 aromatic heterocycles. The molecule has 17 heavy (non-hydrogen) atoms. The predicted molar refractivity (Wildman–Crippen MR) is 63.8 cm³/mol. The van der Waals surface area contributed by atoms with E-state index in [1.807, 2.05) is 0 Å². The standard InChI is InChI=1S/C13H18FNO2/c1-13(2,3)17-12(16)8-11(15)9-4-6-10(14)7-5-9/h4-7,11H,8,15H2,1-3H3. The van der Waals surface area contributed by atoms with Crippen molar-refractivity contribution >= 4 is 5.97 Å². The fourth-order valence-corrected chi connectivity index (χ4v) is 1.39. The van der Waals surface area contributed by atoms with Gasteiger partial charge in [-0.05, 0) is 38.5 Å². The van der Waals surface area contributed by atoms with E-state index >= 15 is 0 Å². The number of carbonyl (C=O) groups is 1. The molecule has 0 aliphatic rings. The first-order chi connectivity index (χ1) is 7.78. The van der Waals surface area contributed by atoms with Crippen molar-refractivity contribution in [3.63, 3.8) is 0 Å². The highest BCUT2D eigenvalue weighted by molar-refractivity contribution is 5.70. The van der Waals surface area contributed by atoms with Crippen molar-refractivity contribution in [1.29, 1.82) is 0 Å². The van der Waals surface area contributed by atoms with E-state index in [1.54, 1.807) is 32.9 Å². The molecule has 0 amide bonds. The van der Waals surface area contributed by atoms with E-state index in [4.69, 9.17) is 10.5 Å². The van der Waals surface area contributed by atoms with Gasteiger partial charge in [0.1, 0.15) is 11.4 Å². The molecule has 1 atom stereocenters. The highest BCUT2D eigenvalue weighted by atomic mass is 19.1. The predicted octanol–water partition coefficient (Wildman–Crippen LogP) is 2.56. The first-order valence-corrected chi connectivity index (χ1v) is 5.51. The first kappa shape index (κ1) is 13.6. The van der Waals surface area contributed by atoms with Gasteiger partial charge in [0.05, 0.1) is 6.42 Å². The Morgan fingerprint density at radius 2 is 1.88 bits per heavy atom. The Hall–Kier alpha value is -1.42. The Labute approximate surface area is 101 Å². The Morgan fingerprint density at radius 1 is 1.35 bits per heavy atom. The van der Waals surface area contributed by atoms with Gasteiger partial charge in [-0.15, -0.1) is 0 Å². The zero-order valence-corrected chi connectivity index (χ0v) is 10.4. The number of ether oxygens (including phenoxy) is 1. The highest BCUT2D eigenvalue weighted by Crippen LogP contribution is 2.17. The summed E-state index contributed by atoms with van der Waals surface area (Å²) in [5, 5.41) is 0. The molecule has 94 valence electrons. The maximum atomic E-state index is 12.7. The Morgan fingerprint density at radius 3 is 2.35 bits per heavy atom. The monoisotopic (exact) mass is 239 g/mol. The van der Waals surface area contributed by atoms with Crippen LogP contribution in [-0.2, 0) is 9.53 Å². The molecule has 0 aliphatic heterocycles. The molecule has 0 saturated heterocycles. The second kappa shape index (κ2) is 5.27. The summed E-state index contributed by atoms with van der Waals surface area (Å²) < 4.78 is 17.9. The van der Waals surface area contributed by atoms with Crippen LogP contribution in [-0.4, -0.2) is 11.6 Å². The number of esters is 1. The maximum Gasteiger partial charge on any atom is 0.308 e. The van der Waals surface area contributed by atoms with Gasteiger partial charge in [0.15, 0.2) is 0 Å². The van der Waals surface area contributed by atoms with Crippen LogP contribution in [0, 0.1) is 5.82 Å². The summed E-state index contributed by atoms with van der Waals surface area (Å²) in [4.78, 5) is 11.5. The minimum absolute atomic E-state index is 0.0862. The average molecular weight is 239 g/mol. The molecule has 4 heteroatoms. The summed E-state index contributed by atoms with van der Waals surface area (Å²) >= 11 is 0. The normalized spacial score (nSPS) is 13.2. The van der Waals surface area contributed by atoms with Crippen LogP contribution in [0.15, 0.2) is 24.3 Å². The van der Waals surface area contributed by atoms with E-state index in [2.05, 4.69) is 0 Å². The largest absolute Gasteiger partial charge is 0.460 e. The number of hydrogen-bond donors (Lipinski definition) is 1. The maximum absolute atomic E-state index is 12.7. The van der Waals surface area contributed by atoms with E-state index < -0.39 is 11.6 Å². The molecular formula is C13H18FNO2. The highest BCUT2D eigenvalue weighted by Gasteiger charge is 2.19. The summed E-state index contributed by atoms with van der Waals surface area (Å²) in [5.74, 6) is -0.674. The lowest BCUT2D eigenvalue weighted by molar-refractivity contribution is -0.155. The van der Waals surface area contributed by atoms with Crippen LogP contribution in [0.2, 0.25) is 0 Å². The molecule has 1 rings (SSSR count). The molecule has 0 saturated carbocycles. The zero-order valence-electron chi connectivity index (χ0n) is 10.4. The first-order valence-electron chi connectivity index (χ1n) is 5.51. The summed E-state index contributed by atoms with van der Waals surface area (Å²) in [6, 6.07) is 5.33. The Balaban J connectivity index is 2.57. The SMILES string of the molecule is CC(C)(C)OC(=O)CC(N)c1ccc(F)cc1. The quantitative estimate of drug-likeness (QED) is 0.825. The fraction of sp³-hybridized carbons (Fsp3) is 0.462. The average Bonchev–Trinajstić information content (AvgIpc) is 2.15. The second-order valence-electron chi connectivity index (χ2n) is 4.95. The Kier molecular flexibility index (Phi) is 4.23. The molecule has 1 aromatic rings. The minimum atomic E-state index is -0.514. The van der Waals surface area contributed by atoms with Gasteiger partial charge in [0.2, 0.25) is 0 Å². The smallest absolute Gasteiger partial charge is 0.308 e. The van der Waals surface area contributed by atoms with Crippen LogP contribution in [0.3, 0.4) is 0 Å². The number of hydrogen-bond acceptors (Lipinski definition) is 3. The number of benzene rings is 1. The lowest BCUT2D eigenvalue weighted by atomic mass is 10.0. The molecule has 2 N–H and O–H groups in total. The molecule has 1 unspecified atom stereocenters. The van der Waals surface area contributed by atoms with Crippen molar-refractivity contribution in [2.24, 2.45) is 5.73 Å². The molecule has 0 radical (unpaired) electrons. The van der Waals surface area contributed by atoms with Gasteiger partial charge in [-0.2, -0.15) is 0 Å². The third-order valence-electron chi connectivity index (χ3n) is 2.10. The van der Waals surface area contributed by atoms with E-state index in [9.17, 15) is 9.18 Å². The fourth-order valence-electron chi connectivity index (χ4n) is 1.39. The van der Waals surface area contributed by atoms with Gasteiger partial charge in [-0.25, -0.2) is 4.39 Å². The number of nitrogens with two attached hydrogens (primary N) is 1. The summed E-state index contributed by atoms with van der Waals surface area (Å²) in [5.41, 5.74) is 6.05. The molecule has 3 nitrogen and oxygen atoms in total. The van der Waals surface area contributed by atoms with Crippen LogP contribution in [0.5, 0.6) is 0 Å². The van der Waals surface area contributed by atoms with Crippen molar-refractivity contribution in [2.75, 3.05) is 0 Å². The third-order valence-corrected chi connectivity index (χ3v) is 2.10. The van der Waals surface area contributed by atoms with Crippen LogP contribution in [0.25, 0.3) is 0 Å². The van der Waals surface area contributed by atoms with Crippen molar-refractivity contribution < 1.29 is 13.9 Å². The van der Waals surface area contributed by atoms with Gasteiger partial charge >= 0.3 is 5.97 Å². The molecule has 0 heterocycles. The van der Waals surface area contributed by atoms with Crippen LogP contribution in [0.4, 0.5) is 4.39 Å². The van der Waals surface area contributed by atoms with Crippen molar-refractivity contribution in [3.8, 4) is 0 Å². The number of halogens is 1. The van der Waals surface area contributed by atoms with Crippen LogP contribution < -0.4 is 5.73 Å². The summed E-state index contributed by atoms with van der Waals surface area (Å²) in [7, 11) is 0. The van der Waals surface area contributed by atoms with Crippen molar-refractivity contribution in [2.45, 2.75) is 38.8 Å². The van der Waals surface area contributed by atoms with Gasteiger partial charge in [0.25, 0.3) is 0 Å². The lowest BCUT2D eigenvalue weighted by Crippen LogP contribution is -2.26. The van der Waals surface area contributed by atoms with Crippen molar-refractivity contribution in [3.05, 3.63) is 35.6 Å². The van der Waals surface area contributed by atoms with Crippen molar-refractivity contribution in [1.82, 2.24) is 0 Å². The van der Waals surface area contributed by atoms with Gasteiger partial charge in [-0.3, -0.25) is 4.79 Å². The van der Waals surface area contributed by atoms with Crippen LogP contribution >= 0.6 is 0 Å². The molecule has 0 aliphatic carbocycles. The molecule has 0 bridgehead atoms. The van der Waals surface area contributed by atoms with E-state index in [0.29, 0.717) is 0 Å². The summed E-state index contributed by atoms with van der Waals surface area (Å²) in [6.45, 7) is 5.40. The zero-order chi connectivity index (χ0) is 13.1. The summed E-state index contributed by atoms with van der Waals surface area (Å²) in [6.07, 6.45) is 0.0862. The van der Waals surface area contributed by atoms with E-state index in [1.165, 1.54) is 12.1 Å². The third kappa shape index (κ3) is 4.95.